The van der Waals surface area contributed by atoms with Gasteiger partial charge in [0.25, 0.3) is 0 Å². The maximum atomic E-state index is 11.4. The molecule has 2 rings (SSSR count). The number of anilines is 1. The van der Waals surface area contributed by atoms with Crippen LogP contribution < -0.4 is 5.32 Å². The van der Waals surface area contributed by atoms with Crippen molar-refractivity contribution in [3.05, 3.63) is 15.8 Å². The van der Waals surface area contributed by atoms with Gasteiger partial charge in [-0.3, -0.25) is 10.1 Å². The summed E-state index contributed by atoms with van der Waals surface area (Å²) in [4.78, 5) is 11.0. The van der Waals surface area contributed by atoms with Crippen LogP contribution in [0.3, 0.4) is 0 Å². The molecule has 0 radical (unpaired) electrons. The maximum Gasteiger partial charge on any atom is 0.334 e. The first-order chi connectivity index (χ1) is 9.41. The standard InChI is InChI=1S/C13H22N4O3/c1-8(2)11-12(17(18)19)13(16(4)15-11)14-9(3)10-5-6-20-7-10/h8-10,14H,5-7H2,1-4H3. The van der Waals surface area contributed by atoms with Crippen LogP contribution in [0, 0.1) is 16.0 Å². The van der Waals surface area contributed by atoms with Gasteiger partial charge in [-0.15, -0.1) is 0 Å². The third-order valence-corrected chi connectivity index (χ3v) is 3.81. The predicted molar refractivity (Wildman–Crippen MR) is 76.0 cm³/mol. The summed E-state index contributed by atoms with van der Waals surface area (Å²) >= 11 is 0. The molecule has 1 aromatic heterocycles. The van der Waals surface area contributed by atoms with Crippen LogP contribution >= 0.6 is 0 Å². The molecule has 1 aliphatic rings. The molecule has 1 saturated heterocycles. The smallest absolute Gasteiger partial charge is 0.334 e. The van der Waals surface area contributed by atoms with Gasteiger partial charge < -0.3 is 10.1 Å². The van der Waals surface area contributed by atoms with E-state index in [4.69, 9.17) is 4.74 Å². The van der Waals surface area contributed by atoms with E-state index in [1.807, 2.05) is 20.8 Å². The second-order valence-electron chi connectivity index (χ2n) is 5.67. The first-order valence-corrected chi connectivity index (χ1v) is 6.97. The Hall–Kier alpha value is -1.63. The lowest BCUT2D eigenvalue weighted by Crippen LogP contribution is -2.27. The second kappa shape index (κ2) is 5.78. The normalized spacial score (nSPS) is 20.4. The maximum absolute atomic E-state index is 11.4. The molecule has 0 saturated carbocycles. The minimum absolute atomic E-state index is 0.0160. The van der Waals surface area contributed by atoms with Crippen LogP contribution in [0.25, 0.3) is 0 Å². The summed E-state index contributed by atoms with van der Waals surface area (Å²) in [6.45, 7) is 7.32. The molecule has 1 N–H and O–H groups in total. The second-order valence-corrected chi connectivity index (χ2v) is 5.67. The highest BCUT2D eigenvalue weighted by molar-refractivity contribution is 5.61. The molecule has 7 heteroatoms. The topological polar surface area (TPSA) is 82.2 Å². The number of hydrogen-bond acceptors (Lipinski definition) is 5. The Morgan fingerprint density at radius 2 is 2.20 bits per heavy atom. The van der Waals surface area contributed by atoms with Gasteiger partial charge in [0.05, 0.1) is 11.5 Å². The molecule has 0 aliphatic carbocycles. The lowest BCUT2D eigenvalue weighted by molar-refractivity contribution is -0.384. The fourth-order valence-corrected chi connectivity index (χ4v) is 2.54. The number of nitrogens with zero attached hydrogens (tertiary/aromatic N) is 3. The number of aryl methyl sites for hydroxylation is 1. The van der Waals surface area contributed by atoms with Gasteiger partial charge in [0, 0.05) is 31.5 Å². The predicted octanol–water partition coefficient (Wildman–Crippen LogP) is 2.29. The molecule has 1 aromatic rings. The summed E-state index contributed by atoms with van der Waals surface area (Å²) in [6.07, 6.45) is 0.983. The summed E-state index contributed by atoms with van der Waals surface area (Å²) in [5.41, 5.74) is 0.614. The Kier molecular flexibility index (Phi) is 4.27. The molecule has 2 heterocycles. The quantitative estimate of drug-likeness (QED) is 0.662. The van der Waals surface area contributed by atoms with Crippen LogP contribution in [0.5, 0.6) is 0 Å². The highest BCUT2D eigenvalue weighted by Gasteiger charge is 2.31. The van der Waals surface area contributed by atoms with Crippen LogP contribution in [-0.4, -0.2) is 34.0 Å². The Balaban J connectivity index is 2.28. The fraction of sp³-hybridized carbons (Fsp3) is 0.769. The van der Waals surface area contributed by atoms with Crippen molar-refractivity contribution in [1.29, 1.82) is 0 Å². The van der Waals surface area contributed by atoms with Gasteiger partial charge in [-0.1, -0.05) is 13.8 Å². The molecule has 0 spiro atoms. The van der Waals surface area contributed by atoms with Crippen LogP contribution in [0.15, 0.2) is 0 Å². The van der Waals surface area contributed by atoms with Crippen molar-refractivity contribution in [3.8, 4) is 0 Å². The highest BCUT2D eigenvalue weighted by atomic mass is 16.6. The molecule has 0 amide bonds. The van der Waals surface area contributed by atoms with E-state index in [0.717, 1.165) is 13.0 Å². The molecule has 1 aliphatic heterocycles. The third kappa shape index (κ3) is 2.77. The Labute approximate surface area is 118 Å². The third-order valence-electron chi connectivity index (χ3n) is 3.81. The Bertz CT molecular complexity index is 492. The zero-order valence-corrected chi connectivity index (χ0v) is 12.4. The molecule has 2 unspecified atom stereocenters. The zero-order chi connectivity index (χ0) is 14.9. The fourth-order valence-electron chi connectivity index (χ4n) is 2.54. The number of ether oxygens (including phenoxy) is 1. The lowest BCUT2D eigenvalue weighted by Gasteiger charge is -2.19. The van der Waals surface area contributed by atoms with Crippen molar-refractivity contribution in [2.24, 2.45) is 13.0 Å². The molecule has 7 nitrogen and oxygen atoms in total. The van der Waals surface area contributed by atoms with Crippen molar-refractivity contribution in [3.63, 3.8) is 0 Å². The van der Waals surface area contributed by atoms with Gasteiger partial charge >= 0.3 is 5.69 Å². The minimum atomic E-state index is -0.345. The monoisotopic (exact) mass is 282 g/mol. The van der Waals surface area contributed by atoms with Crippen molar-refractivity contribution >= 4 is 11.5 Å². The van der Waals surface area contributed by atoms with E-state index in [1.54, 1.807) is 11.7 Å². The summed E-state index contributed by atoms with van der Waals surface area (Å²) in [6, 6.07) is 0.117. The zero-order valence-electron chi connectivity index (χ0n) is 12.4. The van der Waals surface area contributed by atoms with Crippen LogP contribution in [0.4, 0.5) is 11.5 Å². The van der Waals surface area contributed by atoms with Gasteiger partial charge in [0.1, 0.15) is 5.69 Å². The van der Waals surface area contributed by atoms with Crippen molar-refractivity contribution in [2.45, 2.75) is 39.2 Å². The molecule has 20 heavy (non-hydrogen) atoms. The number of nitro groups is 1. The number of rotatable bonds is 5. The van der Waals surface area contributed by atoms with Gasteiger partial charge in [0.2, 0.25) is 5.82 Å². The first kappa shape index (κ1) is 14.8. The van der Waals surface area contributed by atoms with E-state index < -0.39 is 0 Å². The molecule has 0 aromatic carbocycles. The van der Waals surface area contributed by atoms with Crippen LogP contribution in [-0.2, 0) is 11.8 Å². The Morgan fingerprint density at radius 3 is 2.70 bits per heavy atom. The summed E-state index contributed by atoms with van der Waals surface area (Å²) < 4.78 is 6.94. The lowest BCUT2D eigenvalue weighted by atomic mass is 10.0. The van der Waals surface area contributed by atoms with Gasteiger partial charge in [-0.25, -0.2) is 4.68 Å². The average Bonchev–Trinajstić information content (AvgIpc) is 2.97. The van der Waals surface area contributed by atoms with Crippen LogP contribution in [0.1, 0.15) is 38.8 Å². The van der Waals surface area contributed by atoms with E-state index in [9.17, 15) is 10.1 Å². The van der Waals surface area contributed by atoms with Crippen molar-refractivity contribution in [1.82, 2.24) is 9.78 Å². The number of nitrogens with one attached hydrogen (secondary N) is 1. The van der Waals surface area contributed by atoms with Gasteiger partial charge in [0.15, 0.2) is 0 Å². The molecule has 2 atom stereocenters. The van der Waals surface area contributed by atoms with E-state index in [-0.39, 0.29) is 22.6 Å². The minimum Gasteiger partial charge on any atom is -0.381 e. The molecule has 112 valence electrons. The summed E-state index contributed by atoms with van der Waals surface area (Å²) in [5, 5.41) is 18.9. The van der Waals surface area contributed by atoms with E-state index in [2.05, 4.69) is 10.4 Å². The van der Waals surface area contributed by atoms with Gasteiger partial charge in [-0.2, -0.15) is 5.10 Å². The van der Waals surface area contributed by atoms with Crippen LogP contribution in [0.2, 0.25) is 0 Å². The van der Waals surface area contributed by atoms with Crippen molar-refractivity contribution < 1.29 is 9.66 Å². The molecule has 0 bridgehead atoms. The first-order valence-electron chi connectivity index (χ1n) is 6.97. The van der Waals surface area contributed by atoms with E-state index in [1.165, 1.54) is 0 Å². The number of aromatic nitrogens is 2. The molecular formula is C13H22N4O3. The SMILES string of the molecule is CC(C)c1nn(C)c(NC(C)C2CCOC2)c1[N+](=O)[O-]. The van der Waals surface area contributed by atoms with Crippen molar-refractivity contribution in [2.75, 3.05) is 18.5 Å². The highest BCUT2D eigenvalue weighted by Crippen LogP contribution is 2.34. The van der Waals surface area contributed by atoms with E-state index in [0.29, 0.717) is 24.0 Å². The van der Waals surface area contributed by atoms with E-state index >= 15 is 0 Å². The number of hydrogen-bond donors (Lipinski definition) is 1. The largest absolute Gasteiger partial charge is 0.381 e. The average molecular weight is 282 g/mol. The van der Waals surface area contributed by atoms with Gasteiger partial charge in [-0.05, 0) is 13.3 Å². The molecule has 1 fully saturated rings. The summed E-state index contributed by atoms with van der Waals surface area (Å²) in [7, 11) is 1.74. The molecular weight excluding hydrogens is 260 g/mol. The summed E-state index contributed by atoms with van der Waals surface area (Å²) in [5.74, 6) is 0.882. The Morgan fingerprint density at radius 1 is 1.50 bits per heavy atom.